The minimum atomic E-state index is -0.662. The van der Waals surface area contributed by atoms with Crippen LogP contribution >= 0.6 is 12.4 Å². The Bertz CT molecular complexity index is 264. The molecule has 0 saturated carbocycles. The van der Waals surface area contributed by atoms with Crippen LogP contribution in [-0.2, 0) is 16.0 Å². The normalized spacial score (nSPS) is 11.6. The van der Waals surface area contributed by atoms with Gasteiger partial charge in [-0.15, -0.1) is 12.4 Å². The summed E-state index contributed by atoms with van der Waals surface area (Å²) in [5, 5.41) is 3.64. The van der Waals surface area contributed by atoms with Gasteiger partial charge < -0.3 is 15.0 Å². The molecule has 0 bridgehead atoms. The molecule has 2 N–H and O–H groups in total. The van der Waals surface area contributed by atoms with Gasteiger partial charge in [-0.25, -0.2) is 0 Å². The van der Waals surface area contributed by atoms with E-state index >= 15 is 0 Å². The molecule has 0 spiro atoms. The first-order chi connectivity index (χ1) is 6.24. The van der Waals surface area contributed by atoms with Gasteiger partial charge in [-0.1, -0.05) is 5.16 Å². The van der Waals surface area contributed by atoms with Gasteiger partial charge in [0.05, 0.1) is 12.3 Å². The van der Waals surface area contributed by atoms with Gasteiger partial charge in [0, 0.05) is 12.5 Å². The molecule has 0 aliphatic heterocycles. The van der Waals surface area contributed by atoms with Crippen molar-refractivity contribution in [1.82, 2.24) is 5.16 Å². The Hall–Kier alpha value is -1.07. The smallest absolute Gasteiger partial charge is 0.323 e. The number of nitrogens with two attached hydrogens (primary N) is 1. The third kappa shape index (κ3) is 3.76. The lowest BCUT2D eigenvalue weighted by Crippen LogP contribution is -2.34. The van der Waals surface area contributed by atoms with Gasteiger partial charge in [-0.05, 0) is 6.92 Å². The lowest BCUT2D eigenvalue weighted by Gasteiger charge is -2.07. The molecule has 1 atom stereocenters. The average Bonchev–Trinajstić information content (AvgIpc) is 2.57. The molecule has 0 radical (unpaired) electrons. The summed E-state index contributed by atoms with van der Waals surface area (Å²) >= 11 is 0. The minimum absolute atomic E-state index is 0. The number of halogens is 1. The fourth-order valence-electron chi connectivity index (χ4n) is 0.901. The lowest BCUT2D eigenvalue weighted by molar-refractivity contribution is -0.144. The molecule has 0 aliphatic rings. The number of ether oxygens (including phenoxy) is 1. The summed E-state index contributed by atoms with van der Waals surface area (Å²) in [7, 11) is 0. The molecule has 1 heterocycles. The Morgan fingerprint density at radius 3 is 3.00 bits per heavy atom. The molecule has 1 aromatic heterocycles. The van der Waals surface area contributed by atoms with Crippen molar-refractivity contribution < 1.29 is 14.1 Å². The van der Waals surface area contributed by atoms with Crippen LogP contribution in [0, 0.1) is 0 Å². The molecular formula is C8H13ClN2O3. The van der Waals surface area contributed by atoms with Gasteiger partial charge in [0.2, 0.25) is 0 Å². The molecule has 0 fully saturated rings. The van der Waals surface area contributed by atoms with E-state index in [0.717, 1.165) is 0 Å². The number of carbonyl (C=O) groups is 1. The predicted molar refractivity (Wildman–Crippen MR) is 52.1 cm³/mol. The Morgan fingerprint density at radius 2 is 2.50 bits per heavy atom. The van der Waals surface area contributed by atoms with Crippen LogP contribution in [0.15, 0.2) is 16.9 Å². The van der Waals surface area contributed by atoms with Crippen molar-refractivity contribution in [2.75, 3.05) is 6.61 Å². The number of nitrogens with zero attached hydrogens (tertiary/aromatic N) is 1. The van der Waals surface area contributed by atoms with Crippen molar-refractivity contribution in [2.24, 2.45) is 5.73 Å². The van der Waals surface area contributed by atoms with Crippen LogP contribution in [0.4, 0.5) is 0 Å². The highest BCUT2D eigenvalue weighted by atomic mass is 35.5. The molecular weight excluding hydrogens is 208 g/mol. The topological polar surface area (TPSA) is 78.4 Å². The van der Waals surface area contributed by atoms with E-state index in [0.29, 0.717) is 18.7 Å². The first-order valence-corrected chi connectivity index (χ1v) is 4.05. The lowest BCUT2D eigenvalue weighted by atomic mass is 10.2. The van der Waals surface area contributed by atoms with Crippen molar-refractivity contribution >= 4 is 18.4 Å². The molecule has 5 nitrogen and oxygen atoms in total. The molecule has 80 valence electrons. The first-order valence-electron chi connectivity index (χ1n) is 4.05. The monoisotopic (exact) mass is 220 g/mol. The van der Waals surface area contributed by atoms with E-state index in [1.54, 1.807) is 13.0 Å². The third-order valence-corrected chi connectivity index (χ3v) is 1.51. The standard InChI is InChI=1S/C8H12N2O3.ClH/c1-2-12-8(11)7(9)5-6-3-4-13-10-6;/h3-4,7H,2,5,9H2,1H3;1H. The van der Waals surface area contributed by atoms with Crippen molar-refractivity contribution in [3.63, 3.8) is 0 Å². The zero-order chi connectivity index (χ0) is 9.68. The van der Waals surface area contributed by atoms with E-state index in [-0.39, 0.29) is 12.4 Å². The van der Waals surface area contributed by atoms with Gasteiger partial charge in [0.1, 0.15) is 12.3 Å². The maximum Gasteiger partial charge on any atom is 0.323 e. The van der Waals surface area contributed by atoms with Crippen LogP contribution in [0.25, 0.3) is 0 Å². The largest absolute Gasteiger partial charge is 0.465 e. The van der Waals surface area contributed by atoms with Crippen LogP contribution in [0.5, 0.6) is 0 Å². The first kappa shape index (κ1) is 12.9. The fourth-order valence-corrected chi connectivity index (χ4v) is 0.901. The second-order valence-corrected chi connectivity index (χ2v) is 2.55. The molecule has 0 saturated heterocycles. The molecule has 1 aromatic rings. The number of hydrogen-bond acceptors (Lipinski definition) is 5. The molecule has 0 amide bonds. The summed E-state index contributed by atoms with van der Waals surface area (Å²) in [6.07, 6.45) is 1.78. The van der Waals surface area contributed by atoms with E-state index in [9.17, 15) is 4.79 Å². The zero-order valence-electron chi connectivity index (χ0n) is 7.80. The minimum Gasteiger partial charge on any atom is -0.465 e. The van der Waals surface area contributed by atoms with Gasteiger partial charge >= 0.3 is 5.97 Å². The summed E-state index contributed by atoms with van der Waals surface area (Å²) in [5.41, 5.74) is 6.19. The van der Waals surface area contributed by atoms with Gasteiger partial charge in [0.25, 0.3) is 0 Å². The summed E-state index contributed by atoms with van der Waals surface area (Å²) in [5.74, 6) is -0.412. The SMILES string of the molecule is CCOC(=O)C(N)Cc1ccon1.Cl. The number of carbonyl (C=O) groups excluding carboxylic acids is 1. The van der Waals surface area contributed by atoms with Crippen molar-refractivity contribution in [3.8, 4) is 0 Å². The second-order valence-electron chi connectivity index (χ2n) is 2.55. The number of rotatable bonds is 4. The van der Waals surface area contributed by atoms with E-state index in [1.165, 1.54) is 6.26 Å². The van der Waals surface area contributed by atoms with E-state index in [4.69, 9.17) is 10.5 Å². The molecule has 1 rings (SSSR count). The van der Waals surface area contributed by atoms with Crippen molar-refractivity contribution in [1.29, 1.82) is 0 Å². The Labute approximate surface area is 88.0 Å². The van der Waals surface area contributed by atoms with Gasteiger partial charge in [-0.3, -0.25) is 4.79 Å². The molecule has 14 heavy (non-hydrogen) atoms. The van der Waals surface area contributed by atoms with E-state index in [2.05, 4.69) is 9.68 Å². The fraction of sp³-hybridized carbons (Fsp3) is 0.500. The van der Waals surface area contributed by atoms with E-state index in [1.807, 2.05) is 0 Å². The quantitative estimate of drug-likeness (QED) is 0.749. The summed E-state index contributed by atoms with van der Waals surface area (Å²) in [6.45, 7) is 2.08. The molecule has 6 heteroatoms. The molecule has 0 aromatic carbocycles. The Balaban J connectivity index is 0.00000169. The highest BCUT2D eigenvalue weighted by Gasteiger charge is 2.16. The van der Waals surface area contributed by atoms with Crippen molar-refractivity contribution in [3.05, 3.63) is 18.0 Å². The predicted octanol–water partition coefficient (Wildman–Crippen LogP) is 0.529. The summed E-state index contributed by atoms with van der Waals surface area (Å²) in [4.78, 5) is 11.1. The van der Waals surface area contributed by atoms with Crippen LogP contribution in [0.3, 0.4) is 0 Å². The number of hydrogen-bond donors (Lipinski definition) is 1. The third-order valence-electron chi connectivity index (χ3n) is 1.51. The highest BCUT2D eigenvalue weighted by molar-refractivity contribution is 5.85. The van der Waals surface area contributed by atoms with Gasteiger partial charge in [-0.2, -0.15) is 0 Å². The second kappa shape index (κ2) is 6.39. The molecule has 1 unspecified atom stereocenters. The average molecular weight is 221 g/mol. The van der Waals surface area contributed by atoms with E-state index < -0.39 is 12.0 Å². The van der Waals surface area contributed by atoms with Gasteiger partial charge in [0.15, 0.2) is 0 Å². The number of aromatic nitrogens is 1. The maximum absolute atomic E-state index is 11.1. The highest BCUT2D eigenvalue weighted by Crippen LogP contribution is 1.99. The van der Waals surface area contributed by atoms with Crippen molar-refractivity contribution in [2.45, 2.75) is 19.4 Å². The Morgan fingerprint density at radius 1 is 1.79 bits per heavy atom. The van der Waals surface area contributed by atoms with Crippen LogP contribution in [0.1, 0.15) is 12.6 Å². The van der Waals surface area contributed by atoms with Crippen LogP contribution < -0.4 is 5.73 Å². The maximum atomic E-state index is 11.1. The van der Waals surface area contributed by atoms with Crippen LogP contribution in [0.2, 0.25) is 0 Å². The number of esters is 1. The summed E-state index contributed by atoms with van der Waals surface area (Å²) in [6, 6.07) is 1.00. The van der Waals surface area contributed by atoms with Crippen LogP contribution in [-0.4, -0.2) is 23.8 Å². The summed E-state index contributed by atoms with van der Waals surface area (Å²) < 4.78 is 9.33. The molecule has 0 aliphatic carbocycles. The Kier molecular flexibility index (Phi) is 5.91. The zero-order valence-corrected chi connectivity index (χ0v) is 8.62.